The van der Waals surface area contributed by atoms with Gasteiger partial charge in [0.2, 0.25) is 0 Å². The van der Waals surface area contributed by atoms with Gasteiger partial charge in [-0.1, -0.05) is 12.1 Å². The number of carbonyl (C=O) groups is 1. The number of carboxylic acids is 1. The summed E-state index contributed by atoms with van der Waals surface area (Å²) >= 11 is 0. The van der Waals surface area contributed by atoms with Crippen LogP contribution in [0.5, 0.6) is 5.75 Å². The van der Waals surface area contributed by atoms with Crippen LogP contribution in [0.25, 0.3) is 11.3 Å². The molecule has 0 saturated heterocycles. The summed E-state index contributed by atoms with van der Waals surface area (Å²) in [4.78, 5) is 10.7. The van der Waals surface area contributed by atoms with Gasteiger partial charge in [0.15, 0.2) is 15.5 Å². The van der Waals surface area contributed by atoms with Crippen molar-refractivity contribution in [2.24, 2.45) is 7.05 Å². The van der Waals surface area contributed by atoms with Crippen LogP contribution in [-0.2, 0) is 16.9 Å². The molecule has 0 aliphatic carbocycles. The number of aromatic hydroxyl groups is 1. The van der Waals surface area contributed by atoms with E-state index in [1.54, 1.807) is 0 Å². The molecule has 0 fully saturated rings. The average Bonchev–Trinajstić information content (AvgIpc) is 2.69. The Balaban J connectivity index is 2.77. The molecule has 0 unspecified atom stereocenters. The number of hydrogen-bond donors (Lipinski definition) is 2. The Kier molecular flexibility index (Phi) is 3.26. The zero-order valence-electron chi connectivity index (χ0n) is 10.7. The minimum atomic E-state index is -3.68. The van der Waals surface area contributed by atoms with Gasteiger partial charge in [0.1, 0.15) is 10.6 Å². The van der Waals surface area contributed by atoms with Crippen LogP contribution in [0.4, 0.5) is 0 Å². The van der Waals surface area contributed by atoms with E-state index in [0.717, 1.165) is 6.26 Å². The van der Waals surface area contributed by atoms with Gasteiger partial charge in [-0.15, -0.1) is 0 Å². The maximum Gasteiger partial charge on any atom is 0.356 e. The van der Waals surface area contributed by atoms with E-state index < -0.39 is 15.8 Å². The summed E-state index contributed by atoms with van der Waals surface area (Å²) < 4.78 is 24.8. The fraction of sp³-hybridized carbons (Fsp3) is 0.167. The van der Waals surface area contributed by atoms with Crippen molar-refractivity contribution in [3.05, 3.63) is 30.0 Å². The van der Waals surface area contributed by atoms with Crippen molar-refractivity contribution in [1.29, 1.82) is 0 Å². The van der Waals surface area contributed by atoms with Gasteiger partial charge in [-0.05, 0) is 12.1 Å². The fourth-order valence-electron chi connectivity index (χ4n) is 1.94. The zero-order chi connectivity index (χ0) is 15.1. The largest absolute Gasteiger partial charge is 0.507 e. The molecular weight excluding hydrogens is 284 g/mol. The number of sulfone groups is 1. The third-order valence-corrected chi connectivity index (χ3v) is 3.91. The first-order valence-corrected chi connectivity index (χ1v) is 7.40. The van der Waals surface area contributed by atoms with Crippen LogP contribution in [0.2, 0.25) is 0 Å². The second-order valence-electron chi connectivity index (χ2n) is 4.27. The SMILES string of the molecule is Cn1nc(C(=O)O)cc1-c1cccc(O)c1S(C)(=O)=O. The topological polar surface area (TPSA) is 109 Å². The van der Waals surface area contributed by atoms with E-state index in [9.17, 15) is 18.3 Å². The van der Waals surface area contributed by atoms with E-state index in [4.69, 9.17) is 5.11 Å². The molecule has 0 radical (unpaired) electrons. The minimum absolute atomic E-state index is 0.203. The maximum absolute atomic E-state index is 11.8. The lowest BCUT2D eigenvalue weighted by atomic mass is 10.1. The van der Waals surface area contributed by atoms with Gasteiger partial charge in [-0.3, -0.25) is 4.68 Å². The van der Waals surface area contributed by atoms with Crippen LogP contribution >= 0.6 is 0 Å². The zero-order valence-corrected chi connectivity index (χ0v) is 11.5. The molecule has 0 atom stereocenters. The number of aryl methyl sites for hydroxylation is 1. The van der Waals surface area contributed by atoms with E-state index >= 15 is 0 Å². The lowest BCUT2D eigenvalue weighted by Crippen LogP contribution is -2.03. The Morgan fingerprint density at radius 3 is 2.50 bits per heavy atom. The van der Waals surface area contributed by atoms with Crippen LogP contribution in [0.1, 0.15) is 10.5 Å². The molecule has 2 N–H and O–H groups in total. The number of aromatic nitrogens is 2. The monoisotopic (exact) mass is 296 g/mol. The smallest absolute Gasteiger partial charge is 0.356 e. The predicted molar refractivity (Wildman–Crippen MR) is 70.4 cm³/mol. The molecule has 1 aromatic heterocycles. The van der Waals surface area contributed by atoms with Crippen LogP contribution in [0, 0.1) is 0 Å². The predicted octanol–water partition coefficient (Wildman–Crippen LogP) is 0.894. The van der Waals surface area contributed by atoms with E-state index in [0.29, 0.717) is 5.69 Å². The summed E-state index contributed by atoms with van der Waals surface area (Å²) in [5, 5.41) is 22.5. The summed E-state index contributed by atoms with van der Waals surface area (Å²) in [5.41, 5.74) is 0.291. The average molecular weight is 296 g/mol. The lowest BCUT2D eigenvalue weighted by Gasteiger charge is -2.09. The molecule has 2 rings (SSSR count). The molecule has 106 valence electrons. The van der Waals surface area contributed by atoms with Crippen LogP contribution in [0.15, 0.2) is 29.2 Å². The Morgan fingerprint density at radius 2 is 2.00 bits per heavy atom. The van der Waals surface area contributed by atoms with Crippen LogP contribution in [0.3, 0.4) is 0 Å². The van der Waals surface area contributed by atoms with Crippen molar-refractivity contribution < 1.29 is 23.4 Å². The number of phenols is 1. The molecule has 0 spiro atoms. The highest BCUT2D eigenvalue weighted by Gasteiger charge is 2.22. The number of phenolic OH excluding ortho intramolecular Hbond substituents is 1. The number of aromatic carboxylic acids is 1. The third kappa shape index (κ3) is 2.37. The molecule has 20 heavy (non-hydrogen) atoms. The molecule has 0 bridgehead atoms. The first-order chi connectivity index (χ1) is 9.21. The van der Waals surface area contributed by atoms with Gasteiger partial charge < -0.3 is 10.2 Å². The highest BCUT2D eigenvalue weighted by Crippen LogP contribution is 2.33. The minimum Gasteiger partial charge on any atom is -0.507 e. The quantitative estimate of drug-likeness (QED) is 0.870. The summed E-state index contributed by atoms with van der Waals surface area (Å²) in [6, 6.07) is 5.48. The molecule has 1 aromatic carbocycles. The van der Waals surface area contributed by atoms with Crippen molar-refractivity contribution in [2.75, 3.05) is 6.26 Å². The second kappa shape index (κ2) is 4.64. The van der Waals surface area contributed by atoms with Gasteiger partial charge in [0.05, 0.1) is 5.69 Å². The van der Waals surface area contributed by atoms with Crippen molar-refractivity contribution in [2.45, 2.75) is 4.90 Å². The highest BCUT2D eigenvalue weighted by atomic mass is 32.2. The second-order valence-corrected chi connectivity index (χ2v) is 6.22. The van der Waals surface area contributed by atoms with Crippen molar-refractivity contribution in [3.63, 3.8) is 0 Å². The summed E-state index contributed by atoms with van der Waals surface area (Å²) in [6.45, 7) is 0. The lowest BCUT2D eigenvalue weighted by molar-refractivity contribution is 0.0689. The highest BCUT2D eigenvalue weighted by molar-refractivity contribution is 7.91. The summed E-state index contributed by atoms with van der Waals surface area (Å²) in [5.74, 6) is -1.60. The first kappa shape index (κ1) is 14.1. The standard InChI is InChI=1S/C12H12N2O5S/c1-14-9(6-8(13-14)12(16)17)7-4-3-5-10(15)11(7)20(2,18)19/h3-6,15H,1-2H3,(H,16,17). The van der Waals surface area contributed by atoms with Gasteiger partial charge in [0.25, 0.3) is 0 Å². The maximum atomic E-state index is 11.8. The van der Waals surface area contributed by atoms with Gasteiger partial charge in [0, 0.05) is 18.9 Å². The van der Waals surface area contributed by atoms with Crippen LogP contribution < -0.4 is 0 Å². The Hall–Kier alpha value is -2.35. The number of benzene rings is 1. The number of rotatable bonds is 3. The van der Waals surface area contributed by atoms with Crippen molar-refractivity contribution in [1.82, 2.24) is 9.78 Å². The van der Waals surface area contributed by atoms with Gasteiger partial charge >= 0.3 is 5.97 Å². The van der Waals surface area contributed by atoms with E-state index in [2.05, 4.69) is 5.10 Å². The van der Waals surface area contributed by atoms with Crippen molar-refractivity contribution in [3.8, 4) is 17.0 Å². The van der Waals surface area contributed by atoms with Gasteiger partial charge in [-0.2, -0.15) is 5.10 Å². The summed E-state index contributed by atoms with van der Waals surface area (Å²) in [7, 11) is -2.18. The van der Waals surface area contributed by atoms with Crippen LogP contribution in [-0.4, -0.2) is 40.6 Å². The fourth-order valence-corrected chi connectivity index (χ4v) is 2.96. The first-order valence-electron chi connectivity index (χ1n) is 5.51. The molecule has 7 nitrogen and oxygen atoms in total. The van der Waals surface area contributed by atoms with Gasteiger partial charge in [-0.25, -0.2) is 13.2 Å². The summed E-state index contributed by atoms with van der Waals surface area (Å²) in [6.07, 6.45) is 0.972. The Morgan fingerprint density at radius 1 is 1.35 bits per heavy atom. The molecule has 1 heterocycles. The normalized spacial score (nSPS) is 11.5. The Bertz CT molecular complexity index is 792. The molecule has 2 aromatic rings. The molecule has 0 aliphatic heterocycles. The molecule has 0 saturated carbocycles. The van der Waals surface area contributed by atoms with E-state index in [1.807, 2.05) is 0 Å². The third-order valence-electron chi connectivity index (χ3n) is 2.74. The molecule has 8 heteroatoms. The molecule has 0 aliphatic rings. The number of hydrogen-bond acceptors (Lipinski definition) is 5. The number of carboxylic acid groups (broad SMARTS) is 1. The Labute approximate surface area is 115 Å². The van der Waals surface area contributed by atoms with E-state index in [1.165, 1.54) is 36.0 Å². The van der Waals surface area contributed by atoms with Crippen molar-refractivity contribution >= 4 is 15.8 Å². The molecular formula is C12H12N2O5S. The molecule has 0 amide bonds. The van der Waals surface area contributed by atoms with E-state index in [-0.39, 0.29) is 21.9 Å². The number of nitrogens with zero attached hydrogens (tertiary/aromatic N) is 2.